The first-order valence-electron chi connectivity index (χ1n) is 8.39. The molecule has 0 saturated carbocycles. The number of hydrogen-bond acceptors (Lipinski definition) is 5. The number of aliphatic imine (C=N–C) groups is 1. The van der Waals surface area contributed by atoms with Crippen LogP contribution in [-0.4, -0.2) is 35.8 Å². The Kier molecular flexibility index (Phi) is 9.49. The van der Waals surface area contributed by atoms with Crippen LogP contribution < -0.4 is 15.4 Å². The quantitative estimate of drug-likeness (QED) is 0.335. The third kappa shape index (κ3) is 7.52. The molecule has 0 aliphatic carbocycles. The third-order valence-electron chi connectivity index (χ3n) is 3.62. The molecule has 1 aromatic heterocycles. The second kappa shape index (κ2) is 11.1. The van der Waals surface area contributed by atoms with Crippen LogP contribution in [0.2, 0.25) is 0 Å². The SMILES string of the molecule is CCC(CNC(=NC)NCc1nc(C)no1)Oc1cccc(C(F)(F)F)c1.I. The highest BCUT2D eigenvalue weighted by molar-refractivity contribution is 14.0. The Bertz CT molecular complexity index is 767. The highest BCUT2D eigenvalue weighted by Gasteiger charge is 2.30. The van der Waals surface area contributed by atoms with Gasteiger partial charge in [-0.2, -0.15) is 18.2 Å². The number of nitrogens with zero attached hydrogens (tertiary/aromatic N) is 3. The summed E-state index contributed by atoms with van der Waals surface area (Å²) in [5, 5.41) is 9.77. The van der Waals surface area contributed by atoms with Gasteiger partial charge in [0, 0.05) is 7.05 Å². The molecule has 0 fully saturated rings. The predicted octanol–water partition coefficient (Wildman–Crippen LogP) is 3.54. The van der Waals surface area contributed by atoms with Crippen molar-refractivity contribution < 1.29 is 22.4 Å². The maximum Gasteiger partial charge on any atom is 0.416 e. The molecule has 1 atom stereocenters. The van der Waals surface area contributed by atoms with E-state index in [0.717, 1.165) is 12.1 Å². The second-order valence-electron chi connectivity index (χ2n) is 5.72. The topological polar surface area (TPSA) is 84.6 Å². The highest BCUT2D eigenvalue weighted by Crippen LogP contribution is 2.31. The summed E-state index contributed by atoms with van der Waals surface area (Å²) in [7, 11) is 1.60. The Morgan fingerprint density at radius 3 is 2.64 bits per heavy atom. The lowest BCUT2D eigenvalue weighted by atomic mass is 10.2. The molecule has 0 saturated heterocycles. The third-order valence-corrected chi connectivity index (χ3v) is 3.62. The molecule has 28 heavy (non-hydrogen) atoms. The van der Waals surface area contributed by atoms with Crippen LogP contribution in [0.15, 0.2) is 33.8 Å². The molecule has 2 rings (SSSR count). The maximum atomic E-state index is 12.8. The van der Waals surface area contributed by atoms with Crippen molar-refractivity contribution in [2.24, 2.45) is 4.99 Å². The number of benzene rings is 1. The molecular weight excluding hydrogens is 490 g/mol. The molecule has 11 heteroatoms. The van der Waals surface area contributed by atoms with Gasteiger partial charge in [0.15, 0.2) is 11.8 Å². The summed E-state index contributed by atoms with van der Waals surface area (Å²) in [5.74, 6) is 1.61. The van der Waals surface area contributed by atoms with E-state index in [2.05, 4.69) is 25.8 Å². The lowest BCUT2D eigenvalue weighted by Crippen LogP contribution is -2.42. The van der Waals surface area contributed by atoms with E-state index in [1.807, 2.05) is 6.92 Å². The molecule has 7 nitrogen and oxygen atoms in total. The largest absolute Gasteiger partial charge is 0.489 e. The van der Waals surface area contributed by atoms with Gasteiger partial charge in [-0.05, 0) is 31.5 Å². The lowest BCUT2D eigenvalue weighted by molar-refractivity contribution is -0.137. The number of rotatable bonds is 7. The van der Waals surface area contributed by atoms with Gasteiger partial charge in [0.2, 0.25) is 5.89 Å². The zero-order chi connectivity index (χ0) is 19.9. The highest BCUT2D eigenvalue weighted by atomic mass is 127. The van der Waals surface area contributed by atoms with Gasteiger partial charge in [-0.25, -0.2) is 0 Å². The van der Waals surface area contributed by atoms with Crippen LogP contribution in [0.5, 0.6) is 5.75 Å². The van der Waals surface area contributed by atoms with Crippen molar-refractivity contribution in [3.05, 3.63) is 41.5 Å². The summed E-state index contributed by atoms with van der Waals surface area (Å²) < 4.78 is 49.1. The Labute approximate surface area is 178 Å². The number of nitrogens with one attached hydrogen (secondary N) is 2. The molecule has 0 amide bonds. The normalized spacial score (nSPS) is 12.9. The monoisotopic (exact) mass is 513 g/mol. The number of guanidine groups is 1. The van der Waals surface area contributed by atoms with E-state index in [1.165, 1.54) is 12.1 Å². The summed E-state index contributed by atoms with van der Waals surface area (Å²) in [6, 6.07) is 4.83. The molecule has 0 radical (unpaired) electrons. The number of aromatic nitrogens is 2. The van der Waals surface area contributed by atoms with E-state index < -0.39 is 11.7 Å². The standard InChI is InChI=1S/C17H22F3N5O2.HI/c1-4-13(26-14-7-5-6-12(8-14)17(18,19)20)9-22-16(21-3)23-10-15-24-11(2)25-27-15;/h5-8,13H,4,9-10H2,1-3H3,(H2,21,22,23);1H. The van der Waals surface area contributed by atoms with Crippen molar-refractivity contribution in [1.82, 2.24) is 20.8 Å². The molecule has 1 aromatic carbocycles. The van der Waals surface area contributed by atoms with Crippen molar-refractivity contribution in [2.75, 3.05) is 13.6 Å². The molecule has 0 spiro atoms. The van der Waals surface area contributed by atoms with Gasteiger partial charge in [-0.1, -0.05) is 18.1 Å². The molecular formula is C17H23F3IN5O2. The first-order valence-corrected chi connectivity index (χ1v) is 8.39. The van der Waals surface area contributed by atoms with E-state index in [4.69, 9.17) is 9.26 Å². The molecule has 156 valence electrons. The summed E-state index contributed by atoms with van der Waals surface area (Å²) in [4.78, 5) is 8.14. The van der Waals surface area contributed by atoms with Crippen molar-refractivity contribution in [3.63, 3.8) is 0 Å². The Balaban J connectivity index is 0.00000392. The molecule has 0 aliphatic rings. The van der Waals surface area contributed by atoms with E-state index in [9.17, 15) is 13.2 Å². The summed E-state index contributed by atoms with van der Waals surface area (Å²) in [6.07, 6.45) is -4.14. The average Bonchev–Trinajstić information content (AvgIpc) is 3.05. The fourth-order valence-corrected chi connectivity index (χ4v) is 2.21. The molecule has 2 aromatic rings. The predicted molar refractivity (Wildman–Crippen MR) is 109 cm³/mol. The maximum absolute atomic E-state index is 12.8. The Morgan fingerprint density at radius 2 is 2.07 bits per heavy atom. The fourth-order valence-electron chi connectivity index (χ4n) is 2.21. The zero-order valence-corrected chi connectivity index (χ0v) is 18.0. The van der Waals surface area contributed by atoms with Gasteiger partial charge in [0.25, 0.3) is 0 Å². The Morgan fingerprint density at radius 1 is 1.32 bits per heavy atom. The second-order valence-corrected chi connectivity index (χ2v) is 5.72. The minimum atomic E-state index is -4.40. The zero-order valence-electron chi connectivity index (χ0n) is 15.7. The molecule has 1 unspecified atom stereocenters. The van der Waals surface area contributed by atoms with E-state index in [1.54, 1.807) is 14.0 Å². The van der Waals surface area contributed by atoms with Crippen LogP contribution in [0, 0.1) is 6.92 Å². The minimum absolute atomic E-state index is 0. The van der Waals surface area contributed by atoms with Crippen molar-refractivity contribution >= 4 is 29.9 Å². The lowest BCUT2D eigenvalue weighted by Gasteiger charge is -2.20. The molecule has 2 N–H and O–H groups in total. The molecule has 0 aliphatic heterocycles. The average molecular weight is 513 g/mol. The Hall–Kier alpha value is -2.05. The number of halogens is 4. The van der Waals surface area contributed by atoms with Gasteiger partial charge in [-0.15, -0.1) is 24.0 Å². The number of ether oxygens (including phenoxy) is 1. The van der Waals surface area contributed by atoms with Crippen LogP contribution in [0.25, 0.3) is 0 Å². The van der Waals surface area contributed by atoms with Gasteiger partial charge >= 0.3 is 6.18 Å². The van der Waals surface area contributed by atoms with Gasteiger partial charge < -0.3 is 19.9 Å². The van der Waals surface area contributed by atoms with Crippen molar-refractivity contribution in [2.45, 2.75) is 39.1 Å². The molecule has 1 heterocycles. The molecule has 0 bridgehead atoms. The number of alkyl halides is 3. The first-order chi connectivity index (χ1) is 12.8. The van der Waals surface area contributed by atoms with E-state index in [-0.39, 0.29) is 35.8 Å². The van der Waals surface area contributed by atoms with Crippen LogP contribution in [0.4, 0.5) is 13.2 Å². The summed E-state index contributed by atoms with van der Waals surface area (Å²) in [6.45, 7) is 4.26. The van der Waals surface area contributed by atoms with Gasteiger partial charge in [-0.3, -0.25) is 4.99 Å². The van der Waals surface area contributed by atoms with Gasteiger partial charge in [0.05, 0.1) is 18.7 Å². The minimum Gasteiger partial charge on any atom is -0.489 e. The van der Waals surface area contributed by atoms with Crippen LogP contribution in [0.1, 0.15) is 30.6 Å². The van der Waals surface area contributed by atoms with Crippen LogP contribution >= 0.6 is 24.0 Å². The van der Waals surface area contributed by atoms with Gasteiger partial charge in [0.1, 0.15) is 11.9 Å². The van der Waals surface area contributed by atoms with E-state index >= 15 is 0 Å². The summed E-state index contributed by atoms with van der Waals surface area (Å²) >= 11 is 0. The van der Waals surface area contributed by atoms with Crippen LogP contribution in [-0.2, 0) is 12.7 Å². The summed E-state index contributed by atoms with van der Waals surface area (Å²) in [5.41, 5.74) is -0.741. The fraction of sp³-hybridized carbons (Fsp3) is 0.471. The van der Waals surface area contributed by atoms with E-state index in [0.29, 0.717) is 37.2 Å². The van der Waals surface area contributed by atoms with Crippen molar-refractivity contribution in [1.29, 1.82) is 0 Å². The first kappa shape index (κ1) is 24.0. The van der Waals surface area contributed by atoms with Crippen molar-refractivity contribution in [3.8, 4) is 5.75 Å². The smallest absolute Gasteiger partial charge is 0.416 e. The van der Waals surface area contributed by atoms with Crippen LogP contribution in [0.3, 0.4) is 0 Å². The number of hydrogen-bond donors (Lipinski definition) is 2. The number of aryl methyl sites for hydroxylation is 1.